The molecule has 1 aliphatic heterocycles. The number of carbonyl (C=O) groups excluding carboxylic acids is 1. The molecule has 2 aromatic heterocycles. The fourth-order valence-electron chi connectivity index (χ4n) is 3.83. The second-order valence-electron chi connectivity index (χ2n) is 6.69. The fraction of sp³-hybridized carbons (Fsp3) is 0.421. The summed E-state index contributed by atoms with van der Waals surface area (Å²) in [5, 5.41) is 7.07. The first kappa shape index (κ1) is 15.9. The van der Waals surface area contributed by atoms with E-state index in [2.05, 4.69) is 27.8 Å². The molecule has 0 radical (unpaired) electrons. The second kappa shape index (κ2) is 6.35. The number of hydrogen-bond acceptors (Lipinski definition) is 3. The van der Waals surface area contributed by atoms with Gasteiger partial charge in [0.2, 0.25) is 0 Å². The monoisotopic (exact) mass is 337 g/mol. The standard InChI is InChI=1S/C19H23N5O/c1-3-7-14-13(12-20-22-14)19(25)24-11-6-10-17(24)18-21-15-8-4-5-9-16(15)23(18)2/h4-5,8-9,12,17H,3,6-7,10-11H2,1-2H3,(H,20,22)/t17-/m0/s1. The van der Waals surface area contributed by atoms with Crippen molar-refractivity contribution in [2.75, 3.05) is 6.54 Å². The summed E-state index contributed by atoms with van der Waals surface area (Å²) in [7, 11) is 2.03. The van der Waals surface area contributed by atoms with E-state index in [1.807, 2.05) is 30.1 Å². The molecule has 1 N–H and O–H groups in total. The van der Waals surface area contributed by atoms with Gasteiger partial charge in [0.1, 0.15) is 5.82 Å². The number of aryl methyl sites for hydroxylation is 2. The van der Waals surface area contributed by atoms with Crippen molar-refractivity contribution in [1.29, 1.82) is 0 Å². The third-order valence-corrected chi connectivity index (χ3v) is 5.08. The predicted molar refractivity (Wildman–Crippen MR) is 96.3 cm³/mol. The van der Waals surface area contributed by atoms with Crippen molar-refractivity contribution in [2.24, 2.45) is 7.05 Å². The molecule has 3 aromatic rings. The van der Waals surface area contributed by atoms with E-state index in [4.69, 9.17) is 4.98 Å². The minimum absolute atomic E-state index is 0.0225. The van der Waals surface area contributed by atoms with Crippen molar-refractivity contribution in [3.8, 4) is 0 Å². The number of aromatic nitrogens is 4. The van der Waals surface area contributed by atoms with E-state index in [1.165, 1.54) is 0 Å². The number of H-pyrrole nitrogens is 1. The highest BCUT2D eigenvalue weighted by molar-refractivity contribution is 5.95. The maximum absolute atomic E-state index is 13.1. The molecule has 1 saturated heterocycles. The minimum atomic E-state index is 0.0225. The molecule has 1 atom stereocenters. The van der Waals surface area contributed by atoms with Gasteiger partial charge in [-0.25, -0.2) is 4.98 Å². The molecule has 1 amide bonds. The molecular weight excluding hydrogens is 314 g/mol. The van der Waals surface area contributed by atoms with Crippen LogP contribution in [0.3, 0.4) is 0 Å². The highest BCUT2D eigenvalue weighted by Crippen LogP contribution is 2.34. The van der Waals surface area contributed by atoms with E-state index in [9.17, 15) is 4.79 Å². The van der Waals surface area contributed by atoms with Gasteiger partial charge in [0, 0.05) is 19.3 Å². The molecule has 1 aromatic carbocycles. The van der Waals surface area contributed by atoms with E-state index in [1.54, 1.807) is 6.20 Å². The number of aromatic amines is 1. The minimum Gasteiger partial charge on any atom is -0.329 e. The summed E-state index contributed by atoms with van der Waals surface area (Å²) in [5.41, 5.74) is 3.72. The lowest BCUT2D eigenvalue weighted by atomic mass is 10.1. The summed E-state index contributed by atoms with van der Waals surface area (Å²) in [4.78, 5) is 19.9. The van der Waals surface area contributed by atoms with Gasteiger partial charge in [-0.15, -0.1) is 0 Å². The molecule has 0 saturated carbocycles. The number of nitrogens with one attached hydrogen (secondary N) is 1. The van der Waals surface area contributed by atoms with Crippen LogP contribution >= 0.6 is 0 Å². The average Bonchev–Trinajstić information content (AvgIpc) is 3.34. The Morgan fingerprint density at radius 2 is 2.20 bits per heavy atom. The average molecular weight is 337 g/mol. The molecule has 6 nitrogen and oxygen atoms in total. The van der Waals surface area contributed by atoms with Gasteiger partial charge in [-0.05, 0) is 31.4 Å². The zero-order chi connectivity index (χ0) is 17.4. The van der Waals surface area contributed by atoms with Crippen molar-refractivity contribution in [2.45, 2.75) is 38.6 Å². The molecule has 25 heavy (non-hydrogen) atoms. The van der Waals surface area contributed by atoms with Crippen LogP contribution in [0.4, 0.5) is 0 Å². The summed E-state index contributed by atoms with van der Waals surface area (Å²) in [5.74, 6) is 1.03. The maximum Gasteiger partial charge on any atom is 0.257 e. The fourth-order valence-corrected chi connectivity index (χ4v) is 3.83. The van der Waals surface area contributed by atoms with Crippen LogP contribution in [0.2, 0.25) is 0 Å². The van der Waals surface area contributed by atoms with Crippen LogP contribution in [-0.4, -0.2) is 37.1 Å². The Morgan fingerprint density at radius 3 is 3.00 bits per heavy atom. The number of carbonyl (C=O) groups is 1. The topological polar surface area (TPSA) is 66.8 Å². The molecule has 0 unspecified atom stereocenters. The third kappa shape index (κ3) is 2.62. The van der Waals surface area contributed by atoms with E-state index >= 15 is 0 Å². The van der Waals surface area contributed by atoms with Crippen molar-refractivity contribution in [1.82, 2.24) is 24.6 Å². The zero-order valence-electron chi connectivity index (χ0n) is 14.7. The Kier molecular flexibility index (Phi) is 4.03. The Hall–Kier alpha value is -2.63. The summed E-state index contributed by atoms with van der Waals surface area (Å²) >= 11 is 0. The number of amides is 1. The number of hydrogen-bond donors (Lipinski definition) is 1. The van der Waals surface area contributed by atoms with Crippen LogP contribution in [0, 0.1) is 0 Å². The molecule has 3 heterocycles. The van der Waals surface area contributed by atoms with E-state index in [-0.39, 0.29) is 11.9 Å². The lowest BCUT2D eigenvalue weighted by Gasteiger charge is -2.24. The van der Waals surface area contributed by atoms with Crippen LogP contribution in [0.15, 0.2) is 30.5 Å². The van der Waals surface area contributed by atoms with Crippen LogP contribution in [-0.2, 0) is 13.5 Å². The lowest BCUT2D eigenvalue weighted by molar-refractivity contribution is 0.0727. The van der Waals surface area contributed by atoms with Gasteiger partial charge in [0.05, 0.1) is 28.8 Å². The maximum atomic E-state index is 13.1. The third-order valence-electron chi connectivity index (χ3n) is 5.08. The molecule has 1 aliphatic rings. The number of rotatable bonds is 4. The first-order valence-electron chi connectivity index (χ1n) is 8.95. The highest BCUT2D eigenvalue weighted by atomic mass is 16.2. The van der Waals surface area contributed by atoms with Crippen molar-refractivity contribution in [3.05, 3.63) is 47.5 Å². The summed E-state index contributed by atoms with van der Waals surface area (Å²) in [6, 6.07) is 8.14. The Bertz CT molecular complexity index is 910. The number of likely N-dealkylation sites (tertiary alicyclic amines) is 1. The van der Waals surface area contributed by atoms with Gasteiger partial charge in [0.15, 0.2) is 0 Å². The molecule has 130 valence electrons. The normalized spacial score (nSPS) is 17.5. The van der Waals surface area contributed by atoms with Crippen LogP contribution in [0.1, 0.15) is 54.1 Å². The van der Waals surface area contributed by atoms with E-state index in [0.717, 1.165) is 54.8 Å². The van der Waals surface area contributed by atoms with E-state index in [0.29, 0.717) is 5.56 Å². The highest BCUT2D eigenvalue weighted by Gasteiger charge is 2.34. The van der Waals surface area contributed by atoms with Gasteiger partial charge in [-0.2, -0.15) is 5.10 Å². The smallest absolute Gasteiger partial charge is 0.257 e. The van der Waals surface area contributed by atoms with Crippen molar-refractivity contribution >= 4 is 16.9 Å². The molecular formula is C19H23N5O. The lowest BCUT2D eigenvalue weighted by Crippen LogP contribution is -2.32. The summed E-state index contributed by atoms with van der Waals surface area (Å²) < 4.78 is 2.12. The van der Waals surface area contributed by atoms with Crippen molar-refractivity contribution in [3.63, 3.8) is 0 Å². The van der Waals surface area contributed by atoms with Crippen LogP contribution in [0.5, 0.6) is 0 Å². The Labute approximate surface area is 146 Å². The van der Waals surface area contributed by atoms with Gasteiger partial charge in [-0.3, -0.25) is 9.89 Å². The molecule has 0 bridgehead atoms. The molecule has 1 fully saturated rings. The van der Waals surface area contributed by atoms with Gasteiger partial charge in [0.25, 0.3) is 5.91 Å². The van der Waals surface area contributed by atoms with Crippen LogP contribution < -0.4 is 0 Å². The van der Waals surface area contributed by atoms with Gasteiger partial charge < -0.3 is 9.47 Å². The number of fused-ring (bicyclic) bond motifs is 1. The quantitative estimate of drug-likeness (QED) is 0.795. The zero-order valence-corrected chi connectivity index (χ0v) is 14.7. The SMILES string of the molecule is CCCc1[nH]ncc1C(=O)N1CCC[C@H]1c1nc2ccccc2n1C. The molecule has 6 heteroatoms. The van der Waals surface area contributed by atoms with Crippen molar-refractivity contribution < 1.29 is 4.79 Å². The second-order valence-corrected chi connectivity index (χ2v) is 6.69. The number of imidazole rings is 1. The van der Waals surface area contributed by atoms with E-state index < -0.39 is 0 Å². The Morgan fingerprint density at radius 1 is 1.36 bits per heavy atom. The first-order valence-corrected chi connectivity index (χ1v) is 8.95. The van der Waals surface area contributed by atoms with Crippen LogP contribution in [0.25, 0.3) is 11.0 Å². The summed E-state index contributed by atoms with van der Waals surface area (Å²) in [6.45, 7) is 2.87. The predicted octanol–water partition coefficient (Wildman–Crippen LogP) is 3.23. The molecule has 4 rings (SSSR count). The molecule has 0 spiro atoms. The summed E-state index contributed by atoms with van der Waals surface area (Å²) in [6.07, 6.45) is 5.44. The largest absolute Gasteiger partial charge is 0.329 e. The number of benzene rings is 1. The number of nitrogens with zero attached hydrogens (tertiary/aromatic N) is 4. The first-order chi connectivity index (χ1) is 12.2. The van der Waals surface area contributed by atoms with Gasteiger partial charge in [-0.1, -0.05) is 25.5 Å². The Balaban J connectivity index is 1.69. The molecule has 0 aliphatic carbocycles. The van der Waals surface area contributed by atoms with Gasteiger partial charge >= 0.3 is 0 Å². The number of para-hydroxylation sites is 2.